The fourth-order valence-electron chi connectivity index (χ4n) is 1.88. The molecule has 0 spiro atoms. The van der Waals surface area contributed by atoms with E-state index in [9.17, 15) is 4.39 Å². The second kappa shape index (κ2) is 5.23. The van der Waals surface area contributed by atoms with Gasteiger partial charge in [0.05, 0.1) is 10.1 Å². The molecule has 1 fully saturated rings. The molecule has 1 aromatic heterocycles. The molecule has 2 aromatic rings. The largest absolute Gasteiger partial charge is 0.363 e. The van der Waals surface area contributed by atoms with Crippen LogP contribution in [0.5, 0.6) is 0 Å². The van der Waals surface area contributed by atoms with Crippen molar-refractivity contribution in [3.05, 3.63) is 34.4 Å². The molecule has 0 bridgehead atoms. The Labute approximate surface area is 123 Å². The molecular weight excluding hydrogens is 329 g/mol. The molecule has 0 unspecified atom stereocenters. The van der Waals surface area contributed by atoms with E-state index in [1.165, 1.54) is 6.07 Å². The predicted molar refractivity (Wildman–Crippen MR) is 73.5 cm³/mol. The van der Waals surface area contributed by atoms with Crippen molar-refractivity contribution in [1.82, 2.24) is 15.5 Å². The van der Waals surface area contributed by atoms with Gasteiger partial charge in [0.1, 0.15) is 12.4 Å². The van der Waals surface area contributed by atoms with Crippen LogP contribution in [0.15, 0.2) is 27.2 Å². The van der Waals surface area contributed by atoms with Crippen LogP contribution in [0.4, 0.5) is 4.39 Å². The Kier molecular flexibility index (Phi) is 3.57. The Morgan fingerprint density at radius 1 is 1.50 bits per heavy atom. The van der Waals surface area contributed by atoms with Gasteiger partial charge in [-0.2, -0.15) is 4.98 Å². The van der Waals surface area contributed by atoms with Crippen molar-refractivity contribution < 1.29 is 13.7 Å². The van der Waals surface area contributed by atoms with Crippen molar-refractivity contribution in [3.63, 3.8) is 0 Å². The van der Waals surface area contributed by atoms with Crippen LogP contribution in [-0.4, -0.2) is 28.8 Å². The first-order valence-electron chi connectivity index (χ1n) is 6.18. The molecule has 1 saturated heterocycles. The van der Waals surface area contributed by atoms with Crippen LogP contribution >= 0.6 is 15.9 Å². The number of benzene rings is 1. The second-order valence-corrected chi connectivity index (χ2v) is 5.84. The SMILES string of the molecule is CC1(OCc2nc(-c3ccc(F)c(Br)c3)no2)CNC1. The maximum absolute atomic E-state index is 13.2. The normalized spacial score (nSPS) is 16.9. The van der Waals surface area contributed by atoms with Gasteiger partial charge < -0.3 is 14.6 Å². The van der Waals surface area contributed by atoms with Crippen molar-refractivity contribution in [3.8, 4) is 11.4 Å². The fourth-order valence-corrected chi connectivity index (χ4v) is 2.26. The van der Waals surface area contributed by atoms with Gasteiger partial charge in [-0.1, -0.05) is 5.16 Å². The van der Waals surface area contributed by atoms with Gasteiger partial charge in [0.15, 0.2) is 0 Å². The number of ether oxygens (including phenoxy) is 1. The molecule has 0 aliphatic carbocycles. The number of nitrogens with one attached hydrogen (secondary N) is 1. The first kappa shape index (κ1) is 13.7. The van der Waals surface area contributed by atoms with E-state index in [2.05, 4.69) is 31.4 Å². The Hall–Kier alpha value is -1.31. The fraction of sp³-hybridized carbons (Fsp3) is 0.385. The third-order valence-corrected chi connectivity index (χ3v) is 3.80. The summed E-state index contributed by atoms with van der Waals surface area (Å²) in [5, 5.41) is 7.02. The molecule has 0 radical (unpaired) electrons. The molecule has 1 aromatic carbocycles. The zero-order valence-electron chi connectivity index (χ0n) is 10.8. The van der Waals surface area contributed by atoms with Crippen molar-refractivity contribution in [2.75, 3.05) is 13.1 Å². The van der Waals surface area contributed by atoms with Gasteiger partial charge >= 0.3 is 0 Å². The maximum Gasteiger partial charge on any atom is 0.252 e. The quantitative estimate of drug-likeness (QED) is 0.925. The lowest BCUT2D eigenvalue weighted by Gasteiger charge is -2.38. The molecule has 1 aliphatic rings. The number of halogens is 2. The topological polar surface area (TPSA) is 60.2 Å². The lowest BCUT2D eigenvalue weighted by Crippen LogP contribution is -2.58. The van der Waals surface area contributed by atoms with Gasteiger partial charge in [-0.25, -0.2) is 4.39 Å². The van der Waals surface area contributed by atoms with E-state index >= 15 is 0 Å². The number of hydrogen-bond acceptors (Lipinski definition) is 5. The number of nitrogens with zero attached hydrogens (tertiary/aromatic N) is 2. The third-order valence-electron chi connectivity index (χ3n) is 3.19. The Balaban J connectivity index is 1.71. The molecule has 20 heavy (non-hydrogen) atoms. The molecule has 0 atom stereocenters. The molecule has 0 amide bonds. The second-order valence-electron chi connectivity index (χ2n) is 4.98. The first-order valence-corrected chi connectivity index (χ1v) is 6.98. The summed E-state index contributed by atoms with van der Waals surface area (Å²) in [5.41, 5.74) is 0.526. The standard InChI is InChI=1S/C13H13BrFN3O2/c1-13(6-16-7-13)19-5-11-17-12(18-20-11)8-2-3-10(15)9(14)4-8/h2-4,16H,5-7H2,1H3. The summed E-state index contributed by atoms with van der Waals surface area (Å²) in [6.45, 7) is 3.93. The number of rotatable bonds is 4. The van der Waals surface area contributed by atoms with Gasteiger partial charge in [-0.05, 0) is 41.1 Å². The van der Waals surface area contributed by atoms with Gasteiger partial charge in [0.25, 0.3) is 5.89 Å². The first-order chi connectivity index (χ1) is 9.56. The molecule has 0 saturated carbocycles. The van der Waals surface area contributed by atoms with Crippen LogP contribution in [0.25, 0.3) is 11.4 Å². The average Bonchev–Trinajstić information content (AvgIpc) is 2.86. The molecule has 3 rings (SSSR count). The van der Waals surface area contributed by atoms with Crippen molar-refractivity contribution in [1.29, 1.82) is 0 Å². The Bertz CT molecular complexity index is 628. The van der Waals surface area contributed by atoms with E-state index in [1.807, 2.05) is 6.92 Å². The lowest BCUT2D eigenvalue weighted by molar-refractivity contribution is -0.0841. The van der Waals surface area contributed by atoms with Gasteiger partial charge in [-0.3, -0.25) is 0 Å². The van der Waals surface area contributed by atoms with Crippen LogP contribution in [0.1, 0.15) is 12.8 Å². The van der Waals surface area contributed by atoms with Crippen LogP contribution in [0.3, 0.4) is 0 Å². The molecule has 2 heterocycles. The molecule has 1 N–H and O–H groups in total. The van der Waals surface area contributed by atoms with E-state index in [-0.39, 0.29) is 18.0 Å². The summed E-state index contributed by atoms with van der Waals surface area (Å²) in [6.07, 6.45) is 0. The Morgan fingerprint density at radius 2 is 2.30 bits per heavy atom. The van der Waals surface area contributed by atoms with Gasteiger partial charge in [-0.15, -0.1) is 0 Å². The van der Waals surface area contributed by atoms with Crippen molar-refractivity contribution >= 4 is 15.9 Å². The van der Waals surface area contributed by atoms with Crippen LogP contribution in [-0.2, 0) is 11.3 Å². The minimum atomic E-state index is -0.328. The van der Waals surface area contributed by atoms with E-state index in [1.54, 1.807) is 12.1 Å². The van der Waals surface area contributed by atoms with Crippen LogP contribution < -0.4 is 5.32 Å². The van der Waals surface area contributed by atoms with E-state index in [0.717, 1.165) is 13.1 Å². The Morgan fingerprint density at radius 3 is 2.95 bits per heavy atom. The lowest BCUT2D eigenvalue weighted by atomic mass is 10.0. The number of aromatic nitrogens is 2. The summed E-state index contributed by atoms with van der Waals surface area (Å²) in [6, 6.07) is 4.57. The highest BCUT2D eigenvalue weighted by Gasteiger charge is 2.33. The highest BCUT2D eigenvalue weighted by atomic mass is 79.9. The smallest absolute Gasteiger partial charge is 0.252 e. The summed E-state index contributed by atoms with van der Waals surface area (Å²) >= 11 is 3.13. The predicted octanol–water partition coefficient (Wildman–Crippen LogP) is 2.52. The summed E-state index contributed by atoms with van der Waals surface area (Å²) in [4.78, 5) is 4.25. The van der Waals surface area contributed by atoms with E-state index in [0.29, 0.717) is 21.8 Å². The summed E-state index contributed by atoms with van der Waals surface area (Å²) < 4.78 is 24.4. The maximum atomic E-state index is 13.2. The zero-order valence-corrected chi connectivity index (χ0v) is 12.4. The van der Waals surface area contributed by atoms with Crippen molar-refractivity contribution in [2.45, 2.75) is 19.1 Å². The van der Waals surface area contributed by atoms with Gasteiger partial charge in [0.2, 0.25) is 5.82 Å². The molecule has 1 aliphatic heterocycles. The van der Waals surface area contributed by atoms with Crippen LogP contribution in [0, 0.1) is 5.82 Å². The minimum absolute atomic E-state index is 0.159. The number of hydrogen-bond donors (Lipinski definition) is 1. The minimum Gasteiger partial charge on any atom is -0.363 e. The van der Waals surface area contributed by atoms with Crippen molar-refractivity contribution in [2.24, 2.45) is 0 Å². The van der Waals surface area contributed by atoms with Crippen LogP contribution in [0.2, 0.25) is 0 Å². The summed E-state index contributed by atoms with van der Waals surface area (Å²) in [7, 11) is 0. The monoisotopic (exact) mass is 341 g/mol. The molecule has 106 valence electrons. The zero-order chi connectivity index (χ0) is 14.2. The highest BCUT2D eigenvalue weighted by Crippen LogP contribution is 2.24. The highest BCUT2D eigenvalue weighted by molar-refractivity contribution is 9.10. The summed E-state index contributed by atoms with van der Waals surface area (Å²) in [5.74, 6) is 0.501. The average molecular weight is 342 g/mol. The van der Waals surface area contributed by atoms with Gasteiger partial charge in [0, 0.05) is 18.7 Å². The third kappa shape index (κ3) is 2.74. The molecule has 7 heteroatoms. The van der Waals surface area contributed by atoms with E-state index in [4.69, 9.17) is 9.26 Å². The van der Waals surface area contributed by atoms with E-state index < -0.39 is 0 Å². The molecular formula is C13H13BrFN3O2. The molecule has 5 nitrogen and oxygen atoms in total.